The van der Waals surface area contributed by atoms with E-state index in [1.165, 1.54) is 0 Å². The van der Waals surface area contributed by atoms with Crippen molar-refractivity contribution in [2.45, 2.75) is 3.79 Å². The van der Waals surface area contributed by atoms with Crippen molar-refractivity contribution in [2.75, 3.05) is 11.9 Å². The average Bonchev–Trinajstić information content (AvgIpc) is 2.26. The summed E-state index contributed by atoms with van der Waals surface area (Å²) in [5, 5.41) is 2.46. The van der Waals surface area contributed by atoms with Crippen LogP contribution in [0, 0.1) is 0 Å². The Hall–Kier alpha value is -0.750. The van der Waals surface area contributed by atoms with E-state index < -0.39 is 9.89 Å². The lowest BCUT2D eigenvalue weighted by Gasteiger charge is -2.12. The first-order valence-electron chi connectivity index (χ1n) is 4.68. The predicted octanol–water partition coefficient (Wildman–Crippen LogP) is 3.24. The van der Waals surface area contributed by atoms with Crippen LogP contribution in [-0.2, 0) is 4.74 Å². The molecule has 0 aliphatic rings. The van der Waals surface area contributed by atoms with Crippen molar-refractivity contribution in [1.82, 2.24) is 0 Å². The molecule has 0 heterocycles. The molecule has 98 valence electrons. The van der Waals surface area contributed by atoms with Gasteiger partial charge in [-0.05, 0) is 12.1 Å². The second-order valence-electron chi connectivity index (χ2n) is 3.26. The van der Waals surface area contributed by atoms with E-state index in [1.807, 2.05) is 0 Å². The van der Waals surface area contributed by atoms with E-state index in [-0.39, 0.29) is 11.6 Å². The highest BCUT2D eigenvalue weighted by Crippen LogP contribution is 2.26. The van der Waals surface area contributed by atoms with Crippen molar-refractivity contribution < 1.29 is 9.53 Å². The monoisotopic (exact) mass is 326 g/mol. The number of carbonyl (C=O) groups excluding carboxylic acids is 1. The van der Waals surface area contributed by atoms with E-state index in [0.29, 0.717) is 11.3 Å². The van der Waals surface area contributed by atoms with Gasteiger partial charge in [-0.25, -0.2) is 4.79 Å². The van der Waals surface area contributed by atoms with Crippen LogP contribution in [0.25, 0.3) is 0 Å². The third kappa shape index (κ3) is 5.73. The summed E-state index contributed by atoms with van der Waals surface area (Å²) in [7, 11) is 0. The van der Waals surface area contributed by atoms with Crippen molar-refractivity contribution in [1.29, 1.82) is 0 Å². The second-order valence-corrected chi connectivity index (χ2v) is 6.22. The minimum Gasteiger partial charge on any atom is -0.445 e. The number of thiocarbonyl (C=S) groups is 1. The van der Waals surface area contributed by atoms with E-state index in [0.717, 1.165) is 0 Å². The summed E-state index contributed by atoms with van der Waals surface area (Å²) in [4.78, 5) is 11.6. The van der Waals surface area contributed by atoms with Crippen LogP contribution in [0.15, 0.2) is 24.3 Å². The highest BCUT2D eigenvalue weighted by atomic mass is 35.6. The van der Waals surface area contributed by atoms with Gasteiger partial charge in [0.15, 0.2) is 0 Å². The van der Waals surface area contributed by atoms with E-state index in [4.69, 9.17) is 57.5 Å². The van der Waals surface area contributed by atoms with Gasteiger partial charge in [0.05, 0.1) is 0 Å². The maximum Gasteiger partial charge on any atom is 0.411 e. The topological polar surface area (TPSA) is 64.3 Å². The van der Waals surface area contributed by atoms with Gasteiger partial charge in [0.25, 0.3) is 0 Å². The zero-order chi connectivity index (χ0) is 13.8. The molecule has 8 heteroatoms. The van der Waals surface area contributed by atoms with Gasteiger partial charge in [0.1, 0.15) is 11.6 Å². The van der Waals surface area contributed by atoms with Crippen LogP contribution < -0.4 is 11.1 Å². The minimum atomic E-state index is -1.64. The lowest BCUT2D eigenvalue weighted by Crippen LogP contribution is -2.21. The molecule has 0 unspecified atom stereocenters. The summed E-state index contributed by atoms with van der Waals surface area (Å²) in [6.07, 6.45) is -0.735. The number of hydrogen-bond donors (Lipinski definition) is 2. The molecule has 0 radical (unpaired) electrons. The predicted molar refractivity (Wildman–Crippen MR) is 77.6 cm³/mol. The Kier molecular flexibility index (Phi) is 5.47. The summed E-state index contributed by atoms with van der Waals surface area (Å²) < 4.78 is 3.06. The Labute approximate surface area is 124 Å². The zero-order valence-electron chi connectivity index (χ0n) is 8.95. The van der Waals surface area contributed by atoms with Crippen molar-refractivity contribution in [2.24, 2.45) is 5.73 Å². The first kappa shape index (κ1) is 15.3. The summed E-state index contributed by atoms with van der Waals surface area (Å²) in [5.74, 6) is 0. The smallest absolute Gasteiger partial charge is 0.411 e. The van der Waals surface area contributed by atoms with Gasteiger partial charge in [-0.2, -0.15) is 0 Å². The van der Waals surface area contributed by atoms with Crippen LogP contribution in [0.3, 0.4) is 0 Å². The summed E-state index contributed by atoms with van der Waals surface area (Å²) >= 11 is 21.1. The molecule has 1 rings (SSSR count). The molecule has 0 atom stereocenters. The maximum atomic E-state index is 11.4. The van der Waals surface area contributed by atoms with Gasteiger partial charge in [-0.15, -0.1) is 0 Å². The Morgan fingerprint density at radius 2 is 2.11 bits per heavy atom. The number of nitrogens with two attached hydrogens (primary N) is 1. The molecule has 18 heavy (non-hydrogen) atoms. The van der Waals surface area contributed by atoms with E-state index in [2.05, 4.69) is 5.32 Å². The van der Waals surface area contributed by atoms with Crippen LogP contribution in [0.2, 0.25) is 0 Å². The number of anilines is 1. The summed E-state index contributed by atoms with van der Waals surface area (Å²) in [5.41, 5.74) is 6.57. The fraction of sp³-hybridized carbons (Fsp3) is 0.200. The molecule has 1 aromatic carbocycles. The van der Waals surface area contributed by atoms with Crippen LogP contribution in [0.4, 0.5) is 10.5 Å². The molecule has 0 fully saturated rings. The highest BCUT2D eigenvalue weighted by molar-refractivity contribution is 7.80. The second kappa shape index (κ2) is 6.43. The lowest BCUT2D eigenvalue weighted by atomic mass is 10.2. The standard InChI is InChI=1S/C10H9Cl3N2O2S/c11-10(12,13)5-17-9(16)15-7-3-1-2-6(4-7)8(14)18/h1-4H,5H2,(H2,14,18)(H,15,16). The number of hydrogen-bond acceptors (Lipinski definition) is 3. The molecule has 4 nitrogen and oxygen atoms in total. The van der Waals surface area contributed by atoms with Gasteiger partial charge in [0, 0.05) is 11.3 Å². The Morgan fingerprint density at radius 1 is 1.44 bits per heavy atom. The third-order valence-corrected chi connectivity index (χ3v) is 2.32. The molecule has 0 saturated carbocycles. The largest absolute Gasteiger partial charge is 0.445 e. The molecule has 3 N–H and O–H groups in total. The summed E-state index contributed by atoms with van der Waals surface area (Å²) in [6, 6.07) is 6.68. The number of carbonyl (C=O) groups is 1. The number of nitrogens with one attached hydrogen (secondary N) is 1. The highest BCUT2D eigenvalue weighted by Gasteiger charge is 2.22. The molecule has 0 spiro atoms. The number of benzene rings is 1. The minimum absolute atomic E-state index is 0.230. The Morgan fingerprint density at radius 3 is 2.67 bits per heavy atom. The fourth-order valence-electron chi connectivity index (χ4n) is 1.05. The lowest BCUT2D eigenvalue weighted by molar-refractivity contribution is 0.164. The van der Waals surface area contributed by atoms with Gasteiger partial charge < -0.3 is 10.5 Å². The van der Waals surface area contributed by atoms with E-state index >= 15 is 0 Å². The van der Waals surface area contributed by atoms with Gasteiger partial charge in [-0.3, -0.25) is 5.32 Å². The molecular weight excluding hydrogens is 319 g/mol. The van der Waals surface area contributed by atoms with Crippen LogP contribution in [0.1, 0.15) is 5.56 Å². The number of alkyl halides is 3. The number of halogens is 3. The van der Waals surface area contributed by atoms with Crippen molar-refractivity contribution in [3.8, 4) is 0 Å². The molecule has 1 amide bonds. The summed E-state index contributed by atoms with van der Waals surface area (Å²) in [6.45, 7) is -0.349. The molecule has 0 aromatic heterocycles. The number of ether oxygens (including phenoxy) is 1. The third-order valence-electron chi connectivity index (χ3n) is 1.76. The van der Waals surface area contributed by atoms with Gasteiger partial charge in [-0.1, -0.05) is 59.2 Å². The van der Waals surface area contributed by atoms with Gasteiger partial charge in [0.2, 0.25) is 3.79 Å². The van der Waals surface area contributed by atoms with Crippen LogP contribution in [-0.4, -0.2) is 21.5 Å². The SMILES string of the molecule is NC(=S)c1cccc(NC(=O)OCC(Cl)(Cl)Cl)c1. The molecular formula is C10H9Cl3N2O2S. The molecule has 0 aliphatic heterocycles. The zero-order valence-corrected chi connectivity index (χ0v) is 12.0. The molecule has 1 aromatic rings. The van der Waals surface area contributed by atoms with E-state index in [9.17, 15) is 4.79 Å². The molecule has 0 saturated heterocycles. The van der Waals surface area contributed by atoms with Crippen molar-refractivity contribution >= 4 is 63.8 Å². The Balaban J connectivity index is 2.59. The van der Waals surface area contributed by atoms with Crippen LogP contribution >= 0.6 is 47.0 Å². The quantitative estimate of drug-likeness (QED) is 0.661. The number of amides is 1. The Bertz CT molecular complexity index is 463. The van der Waals surface area contributed by atoms with E-state index in [1.54, 1.807) is 24.3 Å². The molecule has 0 aliphatic carbocycles. The van der Waals surface area contributed by atoms with Gasteiger partial charge >= 0.3 is 6.09 Å². The van der Waals surface area contributed by atoms with Crippen LogP contribution in [0.5, 0.6) is 0 Å². The normalized spacial score (nSPS) is 10.8. The number of rotatable bonds is 3. The average molecular weight is 328 g/mol. The van der Waals surface area contributed by atoms with Crippen molar-refractivity contribution in [3.05, 3.63) is 29.8 Å². The van der Waals surface area contributed by atoms with Crippen molar-refractivity contribution in [3.63, 3.8) is 0 Å². The first-order valence-corrected chi connectivity index (χ1v) is 6.22. The first-order chi connectivity index (χ1) is 8.28. The maximum absolute atomic E-state index is 11.4. The molecule has 0 bridgehead atoms. The fourth-order valence-corrected chi connectivity index (χ4v) is 1.34.